The first-order chi connectivity index (χ1) is 8.83. The second-order valence-corrected chi connectivity index (χ2v) is 5.16. The number of hydrogen-bond donors (Lipinski definition) is 2. The molecular weight excluding hydrogens is 222 g/mol. The molecule has 18 heavy (non-hydrogen) atoms. The van der Waals surface area contributed by atoms with Crippen molar-refractivity contribution < 1.29 is 0 Å². The van der Waals surface area contributed by atoms with Gasteiger partial charge in [-0.05, 0) is 25.7 Å². The Balaban J connectivity index is 1.82. The maximum atomic E-state index is 5.94. The second-order valence-electron chi connectivity index (χ2n) is 5.16. The molecule has 1 aromatic heterocycles. The van der Waals surface area contributed by atoms with Gasteiger partial charge >= 0.3 is 0 Å². The Bertz CT molecular complexity index is 525. The molecule has 94 valence electrons. The Kier molecular flexibility index (Phi) is 3.15. The van der Waals surface area contributed by atoms with E-state index in [2.05, 4.69) is 28.5 Å². The Morgan fingerprint density at radius 3 is 2.67 bits per heavy atom. The first-order valence-corrected chi connectivity index (χ1v) is 6.68. The van der Waals surface area contributed by atoms with Crippen molar-refractivity contribution in [1.29, 1.82) is 0 Å². The van der Waals surface area contributed by atoms with Crippen LogP contribution in [0.2, 0.25) is 0 Å². The number of hydrogen-bond acceptors (Lipinski definition) is 3. The quantitative estimate of drug-likeness (QED) is 0.850. The number of nitrogens with two attached hydrogens (primary N) is 1. The van der Waals surface area contributed by atoms with Crippen LogP contribution in [-0.4, -0.2) is 17.1 Å². The van der Waals surface area contributed by atoms with E-state index in [1.165, 1.54) is 10.8 Å². The van der Waals surface area contributed by atoms with Crippen LogP contribution in [0.5, 0.6) is 0 Å². The van der Waals surface area contributed by atoms with Crippen LogP contribution in [0.3, 0.4) is 0 Å². The topological polar surface area (TPSA) is 50.9 Å². The fourth-order valence-corrected chi connectivity index (χ4v) is 2.71. The Morgan fingerprint density at radius 2 is 1.83 bits per heavy atom. The van der Waals surface area contributed by atoms with Gasteiger partial charge in [0, 0.05) is 29.1 Å². The monoisotopic (exact) mass is 241 g/mol. The van der Waals surface area contributed by atoms with Crippen molar-refractivity contribution in [3.63, 3.8) is 0 Å². The molecule has 2 aromatic rings. The number of rotatable bonds is 2. The molecule has 1 aromatic carbocycles. The zero-order valence-corrected chi connectivity index (χ0v) is 10.5. The summed E-state index contributed by atoms with van der Waals surface area (Å²) in [6.07, 6.45) is 8.40. The Hall–Kier alpha value is -1.61. The molecule has 1 aliphatic carbocycles. The molecule has 0 atom stereocenters. The van der Waals surface area contributed by atoms with Gasteiger partial charge in [-0.3, -0.25) is 4.98 Å². The third kappa shape index (κ3) is 2.31. The highest BCUT2D eigenvalue weighted by atomic mass is 14.9. The predicted molar refractivity (Wildman–Crippen MR) is 75.6 cm³/mol. The summed E-state index contributed by atoms with van der Waals surface area (Å²) in [5, 5.41) is 6.07. The smallest absolute Gasteiger partial charge is 0.0608 e. The van der Waals surface area contributed by atoms with Gasteiger partial charge in [-0.2, -0.15) is 0 Å². The van der Waals surface area contributed by atoms with E-state index in [9.17, 15) is 0 Å². The highest BCUT2D eigenvalue weighted by Crippen LogP contribution is 2.26. The third-order valence-electron chi connectivity index (χ3n) is 3.80. The van der Waals surface area contributed by atoms with Crippen LogP contribution in [0.15, 0.2) is 36.7 Å². The molecule has 0 bridgehead atoms. The van der Waals surface area contributed by atoms with Gasteiger partial charge in [0.1, 0.15) is 0 Å². The van der Waals surface area contributed by atoms with Crippen LogP contribution in [0.4, 0.5) is 5.69 Å². The van der Waals surface area contributed by atoms with Crippen molar-refractivity contribution >= 4 is 16.5 Å². The molecule has 1 aliphatic rings. The minimum Gasteiger partial charge on any atom is -0.381 e. The van der Waals surface area contributed by atoms with Gasteiger partial charge in [0.2, 0.25) is 0 Å². The maximum absolute atomic E-state index is 5.94. The number of aromatic nitrogens is 1. The largest absolute Gasteiger partial charge is 0.381 e. The minimum atomic E-state index is 0.397. The van der Waals surface area contributed by atoms with E-state index < -0.39 is 0 Å². The molecule has 3 rings (SSSR count). The molecule has 0 radical (unpaired) electrons. The average Bonchev–Trinajstić information content (AvgIpc) is 2.42. The summed E-state index contributed by atoms with van der Waals surface area (Å²) in [7, 11) is 0. The van der Waals surface area contributed by atoms with Gasteiger partial charge < -0.3 is 11.1 Å². The third-order valence-corrected chi connectivity index (χ3v) is 3.80. The van der Waals surface area contributed by atoms with Crippen LogP contribution in [0.1, 0.15) is 25.7 Å². The van der Waals surface area contributed by atoms with Gasteiger partial charge in [0.05, 0.1) is 11.9 Å². The zero-order chi connectivity index (χ0) is 12.4. The lowest BCUT2D eigenvalue weighted by atomic mass is 9.91. The van der Waals surface area contributed by atoms with Crippen LogP contribution in [-0.2, 0) is 0 Å². The molecule has 3 nitrogen and oxygen atoms in total. The van der Waals surface area contributed by atoms with Crippen molar-refractivity contribution in [2.75, 3.05) is 5.32 Å². The van der Waals surface area contributed by atoms with Gasteiger partial charge in [-0.1, -0.05) is 24.3 Å². The summed E-state index contributed by atoms with van der Waals surface area (Å²) in [6.45, 7) is 0. The molecule has 1 saturated carbocycles. The second kappa shape index (κ2) is 4.94. The number of nitrogens with one attached hydrogen (secondary N) is 1. The van der Waals surface area contributed by atoms with Crippen molar-refractivity contribution in [2.45, 2.75) is 37.8 Å². The van der Waals surface area contributed by atoms with Crippen LogP contribution < -0.4 is 11.1 Å². The number of pyridine rings is 1. The molecule has 0 spiro atoms. The summed E-state index contributed by atoms with van der Waals surface area (Å²) in [5.41, 5.74) is 7.09. The summed E-state index contributed by atoms with van der Waals surface area (Å²) in [4.78, 5) is 4.31. The fourth-order valence-electron chi connectivity index (χ4n) is 2.71. The summed E-state index contributed by atoms with van der Waals surface area (Å²) < 4.78 is 0. The lowest BCUT2D eigenvalue weighted by molar-refractivity contribution is 0.411. The van der Waals surface area contributed by atoms with E-state index in [4.69, 9.17) is 5.73 Å². The van der Waals surface area contributed by atoms with Crippen molar-refractivity contribution in [3.8, 4) is 0 Å². The molecule has 0 amide bonds. The van der Waals surface area contributed by atoms with Gasteiger partial charge in [0.15, 0.2) is 0 Å². The first-order valence-electron chi connectivity index (χ1n) is 6.68. The van der Waals surface area contributed by atoms with E-state index in [-0.39, 0.29) is 0 Å². The molecule has 3 N–H and O–H groups in total. The SMILES string of the molecule is NC1CCC(Nc2cncc3ccccc23)CC1. The maximum Gasteiger partial charge on any atom is 0.0608 e. The fraction of sp³-hybridized carbons (Fsp3) is 0.400. The highest BCUT2D eigenvalue weighted by molar-refractivity contribution is 5.92. The molecule has 0 unspecified atom stereocenters. The standard InChI is InChI=1S/C15H19N3/c16-12-5-7-13(8-6-12)18-15-10-17-9-11-3-1-2-4-14(11)15/h1-4,9-10,12-13,18H,5-8,16H2. The van der Waals surface area contributed by atoms with Gasteiger partial charge in [0.25, 0.3) is 0 Å². The van der Waals surface area contributed by atoms with E-state index in [1.54, 1.807) is 0 Å². The average molecular weight is 241 g/mol. The van der Waals surface area contributed by atoms with E-state index in [0.717, 1.165) is 31.4 Å². The zero-order valence-electron chi connectivity index (χ0n) is 10.5. The predicted octanol–water partition coefficient (Wildman–Crippen LogP) is 2.92. The molecule has 0 aliphatic heterocycles. The number of benzene rings is 1. The lowest BCUT2D eigenvalue weighted by Gasteiger charge is -2.27. The van der Waals surface area contributed by atoms with Crippen LogP contribution in [0.25, 0.3) is 10.8 Å². The van der Waals surface area contributed by atoms with Crippen molar-refractivity contribution in [2.24, 2.45) is 5.73 Å². The van der Waals surface area contributed by atoms with E-state index in [1.807, 2.05) is 18.5 Å². The lowest BCUT2D eigenvalue weighted by Crippen LogP contribution is -2.32. The molecule has 3 heteroatoms. The van der Waals surface area contributed by atoms with Crippen molar-refractivity contribution in [3.05, 3.63) is 36.7 Å². The summed E-state index contributed by atoms with van der Waals surface area (Å²) >= 11 is 0. The normalized spacial score (nSPS) is 24.1. The molecule has 1 heterocycles. The Morgan fingerprint density at radius 1 is 1.06 bits per heavy atom. The minimum absolute atomic E-state index is 0.397. The van der Waals surface area contributed by atoms with Gasteiger partial charge in [-0.15, -0.1) is 0 Å². The first kappa shape index (κ1) is 11.5. The molecule has 0 saturated heterocycles. The van der Waals surface area contributed by atoms with E-state index in [0.29, 0.717) is 12.1 Å². The van der Waals surface area contributed by atoms with Crippen LogP contribution in [0, 0.1) is 0 Å². The highest BCUT2D eigenvalue weighted by Gasteiger charge is 2.18. The number of anilines is 1. The number of nitrogens with zero attached hydrogens (tertiary/aromatic N) is 1. The summed E-state index contributed by atoms with van der Waals surface area (Å²) in [6, 6.07) is 9.31. The summed E-state index contributed by atoms with van der Waals surface area (Å²) in [5.74, 6) is 0. The van der Waals surface area contributed by atoms with Gasteiger partial charge in [-0.25, -0.2) is 0 Å². The van der Waals surface area contributed by atoms with Crippen molar-refractivity contribution in [1.82, 2.24) is 4.98 Å². The molecule has 1 fully saturated rings. The van der Waals surface area contributed by atoms with E-state index >= 15 is 0 Å². The number of fused-ring (bicyclic) bond motifs is 1. The molecular formula is C15H19N3. The van der Waals surface area contributed by atoms with Crippen LogP contribution >= 0.6 is 0 Å². The Labute approximate surface area is 107 Å².